The molecule has 2 fully saturated rings. The van der Waals surface area contributed by atoms with Gasteiger partial charge >= 0.3 is 0 Å². The van der Waals surface area contributed by atoms with Gasteiger partial charge in [-0.25, -0.2) is 15.0 Å². The van der Waals surface area contributed by atoms with E-state index in [2.05, 4.69) is 49.1 Å². The van der Waals surface area contributed by atoms with Crippen LogP contribution in [0.25, 0.3) is 21.9 Å². The molecular weight excluding hydrogens is 506 g/mol. The minimum absolute atomic E-state index is 0.266. The van der Waals surface area contributed by atoms with Gasteiger partial charge in [-0.3, -0.25) is 0 Å². The molecule has 33 heavy (non-hydrogen) atoms. The monoisotopic (exact) mass is 527 g/mol. The minimum atomic E-state index is -0.872. The Kier molecular flexibility index (Phi) is 4.92. The third kappa shape index (κ3) is 3.26. The fourth-order valence-electron chi connectivity index (χ4n) is 6.02. The number of fused-ring (bicyclic) bond motifs is 2. The minimum Gasteiger partial charge on any atom is -0.390 e. The van der Waals surface area contributed by atoms with Crippen LogP contribution in [-0.4, -0.2) is 41.9 Å². The number of aliphatic hydroxyl groups is 2. The lowest BCUT2D eigenvalue weighted by Gasteiger charge is -2.28. The summed E-state index contributed by atoms with van der Waals surface area (Å²) < 4.78 is 2.74. The van der Waals surface area contributed by atoms with Crippen molar-refractivity contribution in [2.45, 2.75) is 49.9 Å². The third-order valence-electron chi connectivity index (χ3n) is 7.72. The number of hydrogen-bond acceptors (Lipinski definition) is 6. The first kappa shape index (κ1) is 21.3. The van der Waals surface area contributed by atoms with Gasteiger partial charge < -0.3 is 20.5 Å². The van der Waals surface area contributed by atoms with Crippen LogP contribution in [0.1, 0.15) is 43.2 Å². The van der Waals surface area contributed by atoms with Crippen molar-refractivity contribution >= 4 is 55.3 Å². The predicted octanol–water partition coefficient (Wildman–Crippen LogP) is 4.60. The van der Waals surface area contributed by atoms with Crippen molar-refractivity contribution in [3.8, 4) is 0 Å². The zero-order valence-electron chi connectivity index (χ0n) is 17.7. The number of nitrogens with two attached hydrogens (primary N) is 1. The molecule has 0 radical (unpaired) electrons. The molecule has 0 amide bonds. The van der Waals surface area contributed by atoms with Gasteiger partial charge in [-0.05, 0) is 71.3 Å². The molecule has 170 valence electrons. The highest BCUT2D eigenvalue weighted by Crippen LogP contribution is 2.58. The molecule has 0 bridgehead atoms. The first-order chi connectivity index (χ1) is 15.9. The van der Waals surface area contributed by atoms with E-state index in [4.69, 9.17) is 17.3 Å². The summed E-state index contributed by atoms with van der Waals surface area (Å²) in [7, 11) is 0. The predicted molar refractivity (Wildman–Crippen MR) is 131 cm³/mol. The molecule has 7 nitrogen and oxygen atoms in total. The van der Waals surface area contributed by atoms with Gasteiger partial charge in [0.25, 0.3) is 0 Å². The second-order valence-corrected chi connectivity index (χ2v) is 10.7. The topological polar surface area (TPSA) is 110 Å². The number of nitrogen functional groups attached to an aromatic ring is 1. The van der Waals surface area contributed by atoms with E-state index in [9.17, 15) is 10.2 Å². The van der Waals surface area contributed by atoms with Crippen molar-refractivity contribution in [1.82, 2.24) is 19.5 Å². The molecule has 2 aliphatic rings. The Morgan fingerprint density at radius 3 is 2.85 bits per heavy atom. The summed E-state index contributed by atoms with van der Waals surface area (Å²) in [6.45, 7) is 0. The average Bonchev–Trinajstić information content (AvgIpc) is 3.48. The molecule has 5 atom stereocenters. The second kappa shape index (κ2) is 7.63. The van der Waals surface area contributed by atoms with E-state index in [1.54, 1.807) is 0 Å². The molecular formula is C24H23BrClN5O2. The number of anilines is 1. The average molecular weight is 529 g/mol. The highest BCUT2D eigenvalue weighted by Gasteiger charge is 2.56. The highest BCUT2D eigenvalue weighted by atomic mass is 79.9. The zero-order valence-corrected chi connectivity index (χ0v) is 20.0. The maximum atomic E-state index is 11.2. The molecule has 3 aromatic heterocycles. The lowest BCUT2D eigenvalue weighted by Crippen LogP contribution is -2.35. The third-order valence-corrected chi connectivity index (χ3v) is 8.65. The number of benzene rings is 1. The maximum absolute atomic E-state index is 11.2. The van der Waals surface area contributed by atoms with Crippen molar-refractivity contribution < 1.29 is 10.2 Å². The van der Waals surface area contributed by atoms with Crippen molar-refractivity contribution in [2.75, 3.05) is 5.73 Å². The Labute approximate surface area is 203 Å². The summed E-state index contributed by atoms with van der Waals surface area (Å²) >= 11 is 9.66. The van der Waals surface area contributed by atoms with Gasteiger partial charge in [0, 0.05) is 17.0 Å². The van der Waals surface area contributed by atoms with E-state index in [0.717, 1.165) is 40.0 Å². The van der Waals surface area contributed by atoms with Crippen LogP contribution in [0.15, 0.2) is 47.3 Å². The smallest absolute Gasteiger partial charge is 0.145 e. The molecule has 1 aromatic carbocycles. The maximum Gasteiger partial charge on any atom is 0.145 e. The fourth-order valence-corrected chi connectivity index (χ4v) is 6.55. The lowest BCUT2D eigenvalue weighted by molar-refractivity contribution is -0.0260. The summed E-state index contributed by atoms with van der Waals surface area (Å²) in [5, 5.41) is 24.4. The molecule has 2 saturated carbocycles. The van der Waals surface area contributed by atoms with Gasteiger partial charge in [0.1, 0.15) is 29.0 Å². The molecule has 4 N–H and O–H groups in total. The first-order valence-electron chi connectivity index (χ1n) is 11.1. The second-order valence-electron chi connectivity index (χ2n) is 9.44. The summed E-state index contributed by atoms with van der Waals surface area (Å²) in [5.41, 5.74) is 8.40. The molecule has 2 aliphatic carbocycles. The van der Waals surface area contributed by atoms with Crippen LogP contribution in [0.3, 0.4) is 0 Å². The molecule has 3 heterocycles. The molecule has 0 aliphatic heterocycles. The molecule has 6 rings (SSSR count). The van der Waals surface area contributed by atoms with Gasteiger partial charge in [-0.1, -0.05) is 23.7 Å². The van der Waals surface area contributed by atoms with E-state index in [1.807, 2.05) is 22.9 Å². The Balaban J connectivity index is 1.30. The first-order valence-corrected chi connectivity index (χ1v) is 12.2. The number of halogens is 2. The van der Waals surface area contributed by atoms with Crippen LogP contribution >= 0.6 is 27.5 Å². The summed E-state index contributed by atoms with van der Waals surface area (Å²) in [6, 6.07) is 9.91. The van der Waals surface area contributed by atoms with Gasteiger partial charge in [-0.2, -0.15) is 0 Å². The van der Waals surface area contributed by atoms with Gasteiger partial charge in [0.05, 0.1) is 27.5 Å². The standard InChI is InChI=1S/C24H23BrClN5O2/c25-16-7-13-2-1-12(8-17(13)30-22(16)27)14-3-5-24(9-14)10-18(19(32)20(24)33)31-6-4-15-21(26)28-11-29-23(15)31/h1-2,4,6-8,11,14,18-20,32-33H,3,5,9-10H2,(H2,27,30). The SMILES string of the molecule is Nc1nc2cc(C3CCC4(C3)CC(n3ccc5c(Cl)ncnc53)C(O)C4O)ccc2cc1Br. The Bertz CT molecular complexity index is 1390. The summed E-state index contributed by atoms with van der Waals surface area (Å²) in [5.74, 6) is 0.766. The van der Waals surface area contributed by atoms with Crippen molar-refractivity contribution in [1.29, 1.82) is 0 Å². The normalized spacial score (nSPS) is 29.6. The number of pyridine rings is 1. The van der Waals surface area contributed by atoms with Crippen molar-refractivity contribution in [3.63, 3.8) is 0 Å². The van der Waals surface area contributed by atoms with Crippen molar-refractivity contribution in [3.05, 3.63) is 58.0 Å². The molecule has 4 aromatic rings. The van der Waals surface area contributed by atoms with Crippen LogP contribution in [0.5, 0.6) is 0 Å². The van der Waals surface area contributed by atoms with Crippen LogP contribution < -0.4 is 5.73 Å². The van der Waals surface area contributed by atoms with Gasteiger partial charge in [0.2, 0.25) is 0 Å². The summed E-state index contributed by atoms with van der Waals surface area (Å²) in [4.78, 5) is 12.9. The van der Waals surface area contributed by atoms with Crippen LogP contribution in [0.2, 0.25) is 5.15 Å². The zero-order chi connectivity index (χ0) is 22.9. The van der Waals surface area contributed by atoms with E-state index in [0.29, 0.717) is 29.0 Å². The molecule has 1 spiro atoms. The highest BCUT2D eigenvalue weighted by molar-refractivity contribution is 9.10. The Hall–Kier alpha value is -2.26. The van der Waals surface area contributed by atoms with E-state index in [-0.39, 0.29) is 11.5 Å². The van der Waals surface area contributed by atoms with E-state index >= 15 is 0 Å². The fraction of sp³-hybridized carbons (Fsp3) is 0.375. The number of aliphatic hydroxyl groups excluding tert-OH is 2. The molecule has 9 heteroatoms. The number of hydrogen-bond donors (Lipinski definition) is 3. The quantitative estimate of drug-likeness (QED) is 0.328. The number of aromatic nitrogens is 4. The Morgan fingerprint density at radius 1 is 1.15 bits per heavy atom. The van der Waals surface area contributed by atoms with E-state index < -0.39 is 12.2 Å². The summed E-state index contributed by atoms with van der Waals surface area (Å²) in [6.07, 6.45) is 4.95. The van der Waals surface area contributed by atoms with Crippen LogP contribution in [0, 0.1) is 5.41 Å². The van der Waals surface area contributed by atoms with E-state index in [1.165, 1.54) is 11.9 Å². The van der Waals surface area contributed by atoms with Crippen LogP contribution in [0.4, 0.5) is 5.82 Å². The molecule has 0 saturated heterocycles. The number of nitrogens with zero attached hydrogens (tertiary/aromatic N) is 4. The number of rotatable bonds is 2. The van der Waals surface area contributed by atoms with Crippen molar-refractivity contribution in [2.24, 2.45) is 5.41 Å². The Morgan fingerprint density at radius 2 is 2.00 bits per heavy atom. The van der Waals surface area contributed by atoms with Gasteiger partial charge in [0.15, 0.2) is 0 Å². The van der Waals surface area contributed by atoms with Crippen LogP contribution in [-0.2, 0) is 0 Å². The lowest BCUT2D eigenvalue weighted by atomic mass is 9.80. The largest absolute Gasteiger partial charge is 0.390 e. The molecule has 5 unspecified atom stereocenters. The van der Waals surface area contributed by atoms with Gasteiger partial charge in [-0.15, -0.1) is 0 Å².